The monoisotopic (exact) mass is 327 g/mol. The van der Waals surface area contributed by atoms with Crippen LogP contribution in [0.4, 0.5) is 5.82 Å². The molecule has 0 spiro atoms. The van der Waals surface area contributed by atoms with Crippen LogP contribution in [-0.4, -0.2) is 63.2 Å². The summed E-state index contributed by atoms with van der Waals surface area (Å²) in [4.78, 5) is 31.2. The van der Waals surface area contributed by atoms with Gasteiger partial charge in [-0.3, -0.25) is 9.78 Å². The van der Waals surface area contributed by atoms with Crippen LogP contribution in [0, 0.1) is 0 Å². The van der Waals surface area contributed by atoms with Crippen LogP contribution < -0.4 is 4.90 Å². The Morgan fingerprint density at radius 1 is 1.08 bits per heavy atom. The summed E-state index contributed by atoms with van der Waals surface area (Å²) in [6, 6.07) is 6.59. The van der Waals surface area contributed by atoms with Crippen molar-refractivity contribution in [3.63, 3.8) is 0 Å². The number of carboxylic acids is 1. The fraction of sp³-hybridized carbons (Fsp3) is 0.312. The van der Waals surface area contributed by atoms with E-state index in [1.54, 1.807) is 11.1 Å². The zero-order valence-corrected chi connectivity index (χ0v) is 13.0. The molecule has 8 heteroatoms. The third kappa shape index (κ3) is 3.48. The number of rotatable bonds is 3. The number of carbonyl (C=O) groups excluding carboxylic acids is 1. The number of anilines is 1. The van der Waals surface area contributed by atoms with E-state index in [1.165, 1.54) is 18.3 Å². The van der Waals surface area contributed by atoms with Crippen molar-refractivity contribution in [2.45, 2.75) is 6.42 Å². The molecule has 1 aliphatic rings. The van der Waals surface area contributed by atoms with Crippen molar-refractivity contribution in [1.82, 2.24) is 20.1 Å². The number of aromatic nitrogens is 3. The van der Waals surface area contributed by atoms with Crippen LogP contribution in [0.1, 0.15) is 27.3 Å². The molecule has 3 rings (SSSR count). The molecule has 0 radical (unpaired) electrons. The Morgan fingerprint density at radius 3 is 2.62 bits per heavy atom. The normalized spacial score (nSPS) is 15.0. The highest BCUT2D eigenvalue weighted by Gasteiger charge is 2.22. The maximum absolute atomic E-state index is 12.5. The van der Waals surface area contributed by atoms with E-state index in [4.69, 9.17) is 5.11 Å². The van der Waals surface area contributed by atoms with Gasteiger partial charge in [-0.2, -0.15) is 5.10 Å². The zero-order valence-electron chi connectivity index (χ0n) is 13.0. The SMILES string of the molecule is O=C(O)c1ccc(C(=O)N2CCCN(c3cccnn3)CC2)nc1. The van der Waals surface area contributed by atoms with Crippen molar-refractivity contribution < 1.29 is 14.7 Å². The van der Waals surface area contributed by atoms with E-state index in [0.29, 0.717) is 19.6 Å². The van der Waals surface area contributed by atoms with Gasteiger partial charge in [0.05, 0.1) is 5.56 Å². The predicted octanol–water partition coefficient (Wildman–Crippen LogP) is 0.922. The Kier molecular flexibility index (Phi) is 4.64. The summed E-state index contributed by atoms with van der Waals surface area (Å²) in [5, 5.41) is 16.9. The van der Waals surface area contributed by atoms with E-state index in [9.17, 15) is 9.59 Å². The Labute approximate surface area is 138 Å². The van der Waals surface area contributed by atoms with Crippen LogP contribution >= 0.6 is 0 Å². The molecule has 0 atom stereocenters. The average Bonchev–Trinajstić information content (AvgIpc) is 2.88. The van der Waals surface area contributed by atoms with Gasteiger partial charge in [0.25, 0.3) is 5.91 Å². The van der Waals surface area contributed by atoms with Gasteiger partial charge < -0.3 is 14.9 Å². The number of amides is 1. The van der Waals surface area contributed by atoms with E-state index in [0.717, 1.165) is 18.8 Å². The van der Waals surface area contributed by atoms with E-state index in [1.807, 2.05) is 12.1 Å². The molecular formula is C16H17N5O3. The largest absolute Gasteiger partial charge is 0.478 e. The highest BCUT2D eigenvalue weighted by atomic mass is 16.4. The Morgan fingerprint density at radius 2 is 1.96 bits per heavy atom. The number of hydrogen-bond donors (Lipinski definition) is 1. The Bertz CT molecular complexity index is 720. The predicted molar refractivity (Wildman–Crippen MR) is 86.0 cm³/mol. The summed E-state index contributed by atoms with van der Waals surface area (Å²) in [5.74, 6) is -0.445. The molecule has 8 nitrogen and oxygen atoms in total. The summed E-state index contributed by atoms with van der Waals surface area (Å²) < 4.78 is 0. The molecule has 0 unspecified atom stereocenters. The maximum Gasteiger partial charge on any atom is 0.337 e. The second kappa shape index (κ2) is 7.03. The fourth-order valence-corrected chi connectivity index (χ4v) is 2.62. The molecule has 3 heterocycles. The molecule has 1 amide bonds. The molecule has 2 aromatic heterocycles. The van der Waals surface area contributed by atoms with Crippen molar-refractivity contribution in [3.05, 3.63) is 47.9 Å². The van der Waals surface area contributed by atoms with Gasteiger partial charge in [0, 0.05) is 38.6 Å². The van der Waals surface area contributed by atoms with Gasteiger partial charge in [-0.1, -0.05) is 0 Å². The lowest BCUT2D eigenvalue weighted by Gasteiger charge is -2.22. The number of pyridine rings is 1. The van der Waals surface area contributed by atoms with Crippen molar-refractivity contribution in [1.29, 1.82) is 0 Å². The van der Waals surface area contributed by atoms with Crippen LogP contribution in [0.3, 0.4) is 0 Å². The minimum atomic E-state index is -1.06. The van der Waals surface area contributed by atoms with Crippen molar-refractivity contribution in [2.24, 2.45) is 0 Å². The summed E-state index contributed by atoms with van der Waals surface area (Å²) in [7, 11) is 0. The fourth-order valence-electron chi connectivity index (χ4n) is 2.62. The van der Waals surface area contributed by atoms with E-state index in [2.05, 4.69) is 20.1 Å². The molecule has 2 aromatic rings. The first-order valence-electron chi connectivity index (χ1n) is 7.66. The lowest BCUT2D eigenvalue weighted by molar-refractivity contribution is 0.0693. The van der Waals surface area contributed by atoms with E-state index in [-0.39, 0.29) is 17.2 Å². The summed E-state index contributed by atoms with van der Waals surface area (Å²) in [5.41, 5.74) is 0.323. The molecular weight excluding hydrogens is 310 g/mol. The van der Waals surface area contributed by atoms with Gasteiger partial charge in [-0.25, -0.2) is 4.79 Å². The molecule has 124 valence electrons. The topological polar surface area (TPSA) is 99.5 Å². The van der Waals surface area contributed by atoms with E-state index >= 15 is 0 Å². The van der Waals surface area contributed by atoms with Gasteiger partial charge in [0.1, 0.15) is 5.69 Å². The number of carbonyl (C=O) groups is 2. The number of hydrogen-bond acceptors (Lipinski definition) is 6. The van der Waals surface area contributed by atoms with Gasteiger partial charge in [-0.15, -0.1) is 5.10 Å². The van der Waals surface area contributed by atoms with Gasteiger partial charge in [0.2, 0.25) is 0 Å². The maximum atomic E-state index is 12.5. The van der Waals surface area contributed by atoms with Crippen LogP contribution in [0.25, 0.3) is 0 Å². The molecule has 0 bridgehead atoms. The highest BCUT2D eigenvalue weighted by Crippen LogP contribution is 2.13. The molecule has 24 heavy (non-hydrogen) atoms. The quantitative estimate of drug-likeness (QED) is 0.895. The number of carboxylic acid groups (broad SMARTS) is 1. The zero-order chi connectivity index (χ0) is 16.9. The van der Waals surface area contributed by atoms with Crippen LogP contribution in [0.2, 0.25) is 0 Å². The first-order chi connectivity index (χ1) is 11.6. The molecule has 1 saturated heterocycles. The average molecular weight is 327 g/mol. The summed E-state index contributed by atoms with van der Waals surface area (Å²) in [6.07, 6.45) is 3.65. The standard InChI is InChI=1S/C16H17N5O3/c22-15(13-5-4-12(11-17-13)16(23)24)21-8-2-7-20(9-10-21)14-3-1-6-18-19-14/h1,3-6,11H,2,7-10H2,(H,23,24). The van der Waals surface area contributed by atoms with Crippen LogP contribution in [0.5, 0.6) is 0 Å². The summed E-state index contributed by atoms with van der Waals surface area (Å²) in [6.45, 7) is 2.64. The van der Waals surface area contributed by atoms with Crippen LogP contribution in [-0.2, 0) is 0 Å². The van der Waals surface area contributed by atoms with Crippen molar-refractivity contribution >= 4 is 17.7 Å². The first-order valence-corrected chi connectivity index (χ1v) is 7.66. The first kappa shape index (κ1) is 15.9. The van der Waals surface area contributed by atoms with E-state index < -0.39 is 5.97 Å². The second-order valence-electron chi connectivity index (χ2n) is 5.45. The molecule has 1 fully saturated rings. The summed E-state index contributed by atoms with van der Waals surface area (Å²) >= 11 is 0. The minimum absolute atomic E-state index is 0.0660. The number of aromatic carboxylic acids is 1. The third-order valence-corrected chi connectivity index (χ3v) is 3.89. The highest BCUT2D eigenvalue weighted by molar-refractivity contribution is 5.93. The van der Waals surface area contributed by atoms with Crippen molar-refractivity contribution in [2.75, 3.05) is 31.1 Å². The van der Waals surface area contributed by atoms with Gasteiger partial charge in [0.15, 0.2) is 5.82 Å². The smallest absolute Gasteiger partial charge is 0.337 e. The molecule has 0 aliphatic carbocycles. The van der Waals surface area contributed by atoms with Crippen molar-refractivity contribution in [3.8, 4) is 0 Å². The third-order valence-electron chi connectivity index (χ3n) is 3.89. The second-order valence-corrected chi connectivity index (χ2v) is 5.45. The van der Waals surface area contributed by atoms with Crippen LogP contribution in [0.15, 0.2) is 36.7 Å². The number of nitrogens with zero attached hydrogens (tertiary/aromatic N) is 5. The van der Waals surface area contributed by atoms with Gasteiger partial charge in [-0.05, 0) is 30.7 Å². The van der Waals surface area contributed by atoms with Gasteiger partial charge >= 0.3 is 5.97 Å². The molecule has 1 aliphatic heterocycles. The molecule has 1 N–H and O–H groups in total. The Balaban J connectivity index is 1.67. The molecule has 0 aromatic carbocycles. The Hall–Kier alpha value is -3.03. The lowest BCUT2D eigenvalue weighted by Crippen LogP contribution is -2.35. The molecule has 0 saturated carbocycles. The minimum Gasteiger partial charge on any atom is -0.478 e. The lowest BCUT2D eigenvalue weighted by atomic mass is 10.2.